The largest absolute Gasteiger partial charge is 0.497 e. The summed E-state index contributed by atoms with van der Waals surface area (Å²) < 4.78 is 10.6. The molecule has 0 bridgehead atoms. The van der Waals surface area contributed by atoms with E-state index >= 15 is 0 Å². The van der Waals surface area contributed by atoms with Crippen molar-refractivity contribution in [3.8, 4) is 11.5 Å². The highest BCUT2D eigenvalue weighted by Crippen LogP contribution is 2.19. The summed E-state index contributed by atoms with van der Waals surface area (Å²) in [6, 6.07) is 16.6. The number of hydrogen-bond acceptors (Lipinski definition) is 8. The summed E-state index contributed by atoms with van der Waals surface area (Å²) in [5, 5.41) is 14.2. The summed E-state index contributed by atoms with van der Waals surface area (Å²) in [6.45, 7) is 8.50. The highest BCUT2D eigenvalue weighted by molar-refractivity contribution is 8.76. The van der Waals surface area contributed by atoms with Crippen molar-refractivity contribution >= 4 is 34.0 Å². The SMILES string of the molecule is COc1cccc(CNCCCCCCNCCSSCCNCCCCCCNCc2cccc(OC)c2)c1.Cl. The van der Waals surface area contributed by atoms with Gasteiger partial charge in [0.25, 0.3) is 0 Å². The van der Waals surface area contributed by atoms with Crippen LogP contribution in [0.25, 0.3) is 0 Å². The highest BCUT2D eigenvalue weighted by atomic mass is 35.5. The molecule has 0 amide bonds. The second-order valence-corrected chi connectivity index (χ2v) is 12.7. The predicted molar refractivity (Wildman–Crippen MR) is 184 cm³/mol. The fourth-order valence-electron chi connectivity index (χ4n) is 4.33. The summed E-state index contributed by atoms with van der Waals surface area (Å²) in [5.74, 6) is 4.23. The first kappa shape index (κ1) is 37.9. The van der Waals surface area contributed by atoms with Crippen LogP contribution in [-0.2, 0) is 13.1 Å². The van der Waals surface area contributed by atoms with Gasteiger partial charge in [0.05, 0.1) is 14.2 Å². The fourth-order valence-corrected chi connectivity index (χ4v) is 6.23. The van der Waals surface area contributed by atoms with Gasteiger partial charge in [-0.3, -0.25) is 0 Å². The second-order valence-electron chi connectivity index (χ2n) is 10.0. The molecular weight excluding hydrogens is 572 g/mol. The van der Waals surface area contributed by atoms with Gasteiger partial charge < -0.3 is 30.7 Å². The number of benzene rings is 2. The topological polar surface area (TPSA) is 66.6 Å². The van der Waals surface area contributed by atoms with Crippen LogP contribution in [0.2, 0.25) is 0 Å². The molecule has 234 valence electrons. The van der Waals surface area contributed by atoms with E-state index in [-0.39, 0.29) is 12.4 Å². The van der Waals surface area contributed by atoms with Gasteiger partial charge >= 0.3 is 0 Å². The van der Waals surface area contributed by atoms with Crippen LogP contribution in [0.15, 0.2) is 48.5 Å². The standard InChI is InChI=1S/C32H54N4O2S2.ClH/c1-37-31-15-11-13-29(25-31)27-35-19-9-5-3-7-17-33-21-23-39-40-24-22-34-18-8-4-6-10-20-36-28-30-14-12-16-32(26-30)38-2;/h11-16,25-26,33-36H,3-10,17-24,27-28H2,1-2H3;1H. The van der Waals surface area contributed by atoms with Gasteiger partial charge in [-0.1, -0.05) is 71.5 Å². The van der Waals surface area contributed by atoms with Crippen molar-refractivity contribution in [3.63, 3.8) is 0 Å². The fraction of sp³-hybridized carbons (Fsp3) is 0.625. The lowest BCUT2D eigenvalue weighted by Gasteiger charge is -2.08. The molecule has 0 saturated heterocycles. The van der Waals surface area contributed by atoms with Crippen molar-refractivity contribution in [1.29, 1.82) is 0 Å². The van der Waals surface area contributed by atoms with E-state index in [4.69, 9.17) is 9.47 Å². The van der Waals surface area contributed by atoms with Crippen LogP contribution < -0.4 is 30.7 Å². The Balaban J connectivity index is 0.00000840. The molecular formula is C32H55ClN4O2S2. The highest BCUT2D eigenvalue weighted by Gasteiger charge is 1.98. The van der Waals surface area contributed by atoms with Crippen LogP contribution >= 0.6 is 34.0 Å². The van der Waals surface area contributed by atoms with Crippen LogP contribution in [0.3, 0.4) is 0 Å². The first-order chi connectivity index (χ1) is 19.8. The summed E-state index contributed by atoms with van der Waals surface area (Å²) >= 11 is 0. The second kappa shape index (κ2) is 27.7. The average molecular weight is 627 g/mol. The summed E-state index contributed by atoms with van der Waals surface area (Å²) in [6.07, 6.45) is 10.3. The normalized spacial score (nSPS) is 10.9. The van der Waals surface area contributed by atoms with Gasteiger partial charge in [0.15, 0.2) is 0 Å². The van der Waals surface area contributed by atoms with E-state index < -0.39 is 0 Å². The maximum absolute atomic E-state index is 5.28. The van der Waals surface area contributed by atoms with E-state index in [0.29, 0.717) is 0 Å². The molecule has 0 unspecified atom stereocenters. The number of methoxy groups -OCH3 is 2. The smallest absolute Gasteiger partial charge is 0.119 e. The molecule has 2 aromatic rings. The monoisotopic (exact) mass is 626 g/mol. The van der Waals surface area contributed by atoms with E-state index in [2.05, 4.69) is 45.5 Å². The third kappa shape index (κ3) is 21.2. The molecule has 6 nitrogen and oxygen atoms in total. The molecule has 9 heteroatoms. The van der Waals surface area contributed by atoms with E-state index in [0.717, 1.165) is 63.9 Å². The van der Waals surface area contributed by atoms with E-state index in [9.17, 15) is 0 Å². The molecule has 0 spiro atoms. The Bertz CT molecular complexity index is 796. The lowest BCUT2D eigenvalue weighted by molar-refractivity contribution is 0.414. The molecule has 0 saturated carbocycles. The molecule has 0 fully saturated rings. The number of rotatable bonds is 27. The van der Waals surface area contributed by atoms with E-state index in [1.165, 1.54) is 74.0 Å². The number of ether oxygens (including phenoxy) is 2. The maximum atomic E-state index is 5.28. The van der Waals surface area contributed by atoms with Gasteiger partial charge in [-0.2, -0.15) is 0 Å². The minimum absolute atomic E-state index is 0. The Labute approximate surface area is 264 Å². The number of halogens is 1. The average Bonchev–Trinajstić information content (AvgIpc) is 2.99. The van der Waals surface area contributed by atoms with Crippen LogP contribution in [0.1, 0.15) is 62.5 Å². The Morgan fingerprint density at radius 2 is 0.902 bits per heavy atom. The molecule has 0 atom stereocenters. The molecule has 0 radical (unpaired) electrons. The predicted octanol–water partition coefficient (Wildman–Crippen LogP) is 6.69. The van der Waals surface area contributed by atoms with Crippen LogP contribution in [0.4, 0.5) is 0 Å². The summed E-state index contributed by atoms with van der Waals surface area (Å²) in [5.41, 5.74) is 2.56. The molecule has 0 aliphatic rings. The molecule has 2 aromatic carbocycles. The number of nitrogens with one attached hydrogen (secondary N) is 4. The van der Waals surface area contributed by atoms with E-state index in [1.807, 2.05) is 45.9 Å². The Morgan fingerprint density at radius 1 is 0.512 bits per heavy atom. The molecule has 41 heavy (non-hydrogen) atoms. The summed E-state index contributed by atoms with van der Waals surface area (Å²) in [7, 11) is 7.42. The Morgan fingerprint density at radius 3 is 1.29 bits per heavy atom. The zero-order valence-electron chi connectivity index (χ0n) is 25.4. The van der Waals surface area contributed by atoms with Gasteiger partial charge in [0.1, 0.15) is 11.5 Å². The van der Waals surface area contributed by atoms with Crippen LogP contribution in [0, 0.1) is 0 Å². The third-order valence-electron chi connectivity index (χ3n) is 6.65. The van der Waals surface area contributed by atoms with Crippen molar-refractivity contribution in [2.75, 3.05) is 65.0 Å². The van der Waals surface area contributed by atoms with Gasteiger partial charge in [-0.05, 0) is 87.3 Å². The van der Waals surface area contributed by atoms with Gasteiger partial charge in [-0.15, -0.1) is 12.4 Å². The molecule has 2 rings (SSSR count). The summed E-state index contributed by atoms with van der Waals surface area (Å²) in [4.78, 5) is 0. The Kier molecular flexibility index (Phi) is 25.6. The lowest BCUT2D eigenvalue weighted by Crippen LogP contribution is -2.19. The first-order valence-corrected chi connectivity index (χ1v) is 17.6. The minimum Gasteiger partial charge on any atom is -0.497 e. The van der Waals surface area contributed by atoms with Crippen molar-refractivity contribution < 1.29 is 9.47 Å². The van der Waals surface area contributed by atoms with Gasteiger partial charge in [0, 0.05) is 37.7 Å². The molecule has 0 aliphatic heterocycles. The van der Waals surface area contributed by atoms with Crippen molar-refractivity contribution in [3.05, 3.63) is 59.7 Å². The molecule has 4 N–H and O–H groups in total. The van der Waals surface area contributed by atoms with Crippen molar-refractivity contribution in [1.82, 2.24) is 21.3 Å². The number of hydrogen-bond donors (Lipinski definition) is 4. The first-order valence-electron chi connectivity index (χ1n) is 15.1. The minimum atomic E-state index is 0. The van der Waals surface area contributed by atoms with Crippen LogP contribution in [-0.4, -0.2) is 65.0 Å². The third-order valence-corrected chi connectivity index (χ3v) is 9.06. The molecule has 0 aliphatic carbocycles. The zero-order valence-corrected chi connectivity index (χ0v) is 27.8. The van der Waals surface area contributed by atoms with Gasteiger partial charge in [0.2, 0.25) is 0 Å². The maximum Gasteiger partial charge on any atom is 0.119 e. The van der Waals surface area contributed by atoms with Crippen molar-refractivity contribution in [2.45, 2.75) is 64.5 Å². The molecule has 0 heterocycles. The quantitative estimate of drug-likeness (QED) is 0.0646. The molecule has 0 aromatic heterocycles. The van der Waals surface area contributed by atoms with Crippen LogP contribution in [0.5, 0.6) is 11.5 Å². The Hall–Kier alpha value is -1.13. The lowest BCUT2D eigenvalue weighted by atomic mass is 10.2. The van der Waals surface area contributed by atoms with Crippen molar-refractivity contribution in [2.24, 2.45) is 0 Å². The van der Waals surface area contributed by atoms with E-state index in [1.54, 1.807) is 14.2 Å². The zero-order chi connectivity index (χ0) is 28.4. The van der Waals surface area contributed by atoms with Gasteiger partial charge in [-0.25, -0.2) is 0 Å². The number of unbranched alkanes of at least 4 members (excludes halogenated alkanes) is 6.